The van der Waals surface area contributed by atoms with E-state index in [9.17, 15) is 8.42 Å². The Bertz CT molecular complexity index is 531. The van der Waals surface area contributed by atoms with Gasteiger partial charge in [0.15, 0.2) is 0 Å². The summed E-state index contributed by atoms with van der Waals surface area (Å²) < 4.78 is 26.3. The molecule has 0 saturated carbocycles. The zero-order valence-electron chi connectivity index (χ0n) is 10.1. The summed E-state index contributed by atoms with van der Waals surface area (Å²) in [6, 6.07) is 4.52. The van der Waals surface area contributed by atoms with Crippen LogP contribution in [-0.2, 0) is 10.0 Å². The predicted molar refractivity (Wildman–Crippen MR) is 79.7 cm³/mol. The van der Waals surface area contributed by atoms with Crippen LogP contribution in [0, 0.1) is 0 Å². The van der Waals surface area contributed by atoms with Crippen LogP contribution in [0.2, 0.25) is 10.0 Å². The van der Waals surface area contributed by atoms with Gasteiger partial charge in [-0.05, 0) is 25.0 Å². The third kappa shape index (κ3) is 3.54. The Hall–Kier alpha value is -0.0400. The summed E-state index contributed by atoms with van der Waals surface area (Å²) in [6.07, 6.45) is 1.59. The first-order valence-electron chi connectivity index (χ1n) is 5.62. The first-order valence-corrected chi connectivity index (χ1v) is 7.82. The average Bonchev–Trinajstić information content (AvgIpc) is 2.28. The smallest absolute Gasteiger partial charge is 0.246 e. The average molecular weight is 346 g/mol. The molecule has 1 aliphatic rings. The van der Waals surface area contributed by atoms with Gasteiger partial charge < -0.3 is 5.73 Å². The summed E-state index contributed by atoms with van der Waals surface area (Å²) in [7, 11) is -3.67. The molecular formula is C11H15Cl3N2O2S. The van der Waals surface area contributed by atoms with E-state index < -0.39 is 10.0 Å². The van der Waals surface area contributed by atoms with E-state index in [1.165, 1.54) is 16.4 Å². The molecule has 1 unspecified atom stereocenters. The number of hydrogen-bond donors (Lipinski definition) is 1. The molecule has 108 valence electrons. The van der Waals surface area contributed by atoms with Crippen LogP contribution in [0.5, 0.6) is 0 Å². The quantitative estimate of drug-likeness (QED) is 0.896. The molecule has 1 aromatic carbocycles. The molecular weight excluding hydrogens is 331 g/mol. The number of nitrogens with zero attached hydrogens (tertiary/aromatic N) is 1. The fourth-order valence-electron chi connectivity index (χ4n) is 2.05. The summed E-state index contributed by atoms with van der Waals surface area (Å²) in [4.78, 5) is -0.0255. The van der Waals surface area contributed by atoms with E-state index in [1.54, 1.807) is 6.07 Å². The molecule has 19 heavy (non-hydrogen) atoms. The lowest BCUT2D eigenvalue weighted by Gasteiger charge is -2.30. The molecule has 4 nitrogen and oxygen atoms in total. The Labute approximate surface area is 129 Å². The van der Waals surface area contributed by atoms with E-state index in [4.69, 9.17) is 28.9 Å². The monoisotopic (exact) mass is 344 g/mol. The topological polar surface area (TPSA) is 63.4 Å². The largest absolute Gasteiger partial charge is 0.327 e. The summed E-state index contributed by atoms with van der Waals surface area (Å²) in [5, 5.41) is 0.281. The molecule has 0 bridgehead atoms. The molecule has 1 fully saturated rings. The number of nitrogens with two attached hydrogens (primary N) is 1. The fraction of sp³-hybridized carbons (Fsp3) is 0.455. The highest BCUT2D eigenvalue weighted by molar-refractivity contribution is 7.89. The first-order chi connectivity index (χ1) is 8.43. The molecule has 2 N–H and O–H groups in total. The second-order valence-corrected chi connectivity index (χ2v) is 7.01. The molecule has 0 amide bonds. The Morgan fingerprint density at radius 3 is 2.37 bits per heavy atom. The molecule has 8 heteroatoms. The number of sulfonamides is 1. The van der Waals surface area contributed by atoms with Crippen LogP contribution in [0.15, 0.2) is 23.1 Å². The molecule has 0 aliphatic carbocycles. The maximum atomic E-state index is 12.5. The van der Waals surface area contributed by atoms with Gasteiger partial charge in [-0.1, -0.05) is 29.3 Å². The van der Waals surface area contributed by atoms with Crippen molar-refractivity contribution in [1.82, 2.24) is 4.31 Å². The molecule has 0 radical (unpaired) electrons. The number of benzene rings is 1. The second kappa shape index (κ2) is 6.61. The van der Waals surface area contributed by atoms with Crippen molar-refractivity contribution in [1.29, 1.82) is 0 Å². The normalized spacial score (nSPS) is 20.9. The van der Waals surface area contributed by atoms with Crippen LogP contribution < -0.4 is 5.73 Å². The van der Waals surface area contributed by atoms with E-state index in [-0.39, 0.29) is 33.4 Å². The van der Waals surface area contributed by atoms with Crippen molar-refractivity contribution < 1.29 is 8.42 Å². The maximum absolute atomic E-state index is 12.5. The zero-order valence-corrected chi connectivity index (χ0v) is 13.2. The summed E-state index contributed by atoms with van der Waals surface area (Å²) >= 11 is 11.9. The van der Waals surface area contributed by atoms with Crippen molar-refractivity contribution >= 4 is 45.6 Å². The minimum Gasteiger partial charge on any atom is -0.327 e. The van der Waals surface area contributed by atoms with Gasteiger partial charge in [-0.15, -0.1) is 12.4 Å². The molecule has 0 spiro atoms. The van der Waals surface area contributed by atoms with Gasteiger partial charge >= 0.3 is 0 Å². The lowest BCUT2D eigenvalue weighted by Crippen LogP contribution is -2.45. The van der Waals surface area contributed by atoms with E-state index in [0.717, 1.165) is 12.8 Å². The van der Waals surface area contributed by atoms with Crippen molar-refractivity contribution in [3.05, 3.63) is 28.2 Å². The van der Waals surface area contributed by atoms with E-state index in [2.05, 4.69) is 0 Å². The Balaban J connectivity index is 0.00000180. The third-order valence-electron chi connectivity index (χ3n) is 2.94. The summed E-state index contributed by atoms with van der Waals surface area (Å²) in [5.74, 6) is 0. The highest BCUT2D eigenvalue weighted by atomic mass is 35.5. The van der Waals surface area contributed by atoms with Gasteiger partial charge in [-0.3, -0.25) is 0 Å². The number of rotatable bonds is 2. The van der Waals surface area contributed by atoms with Crippen LogP contribution >= 0.6 is 35.6 Å². The minimum absolute atomic E-state index is 0. The molecule has 1 aliphatic heterocycles. The van der Waals surface area contributed by atoms with Crippen molar-refractivity contribution in [2.24, 2.45) is 5.73 Å². The van der Waals surface area contributed by atoms with Crippen molar-refractivity contribution in [3.8, 4) is 0 Å². The van der Waals surface area contributed by atoms with Crippen LogP contribution in [-0.4, -0.2) is 31.9 Å². The summed E-state index contributed by atoms with van der Waals surface area (Å²) in [5.41, 5.74) is 5.80. The Morgan fingerprint density at radius 1 is 1.26 bits per heavy atom. The van der Waals surface area contributed by atoms with Gasteiger partial charge in [0.05, 0.1) is 10.0 Å². The van der Waals surface area contributed by atoms with Crippen LogP contribution in [0.1, 0.15) is 12.8 Å². The van der Waals surface area contributed by atoms with E-state index in [1.807, 2.05) is 0 Å². The number of halogens is 3. The zero-order chi connectivity index (χ0) is 13.3. The molecule has 1 atom stereocenters. The standard InChI is InChI=1S/C11H14Cl2N2O2S.ClH/c12-9-4-1-5-10(13)11(9)18(16,17)15-6-2-3-8(14)7-15;/h1,4-5,8H,2-3,6-7,14H2;1H. The Morgan fingerprint density at radius 2 is 1.84 bits per heavy atom. The van der Waals surface area contributed by atoms with E-state index in [0.29, 0.717) is 13.1 Å². The van der Waals surface area contributed by atoms with E-state index >= 15 is 0 Å². The van der Waals surface area contributed by atoms with Gasteiger partial charge in [0, 0.05) is 19.1 Å². The predicted octanol–water partition coefficient (Wildman–Crippen LogP) is 2.53. The molecule has 1 heterocycles. The molecule has 1 saturated heterocycles. The van der Waals surface area contributed by atoms with Gasteiger partial charge in [-0.25, -0.2) is 8.42 Å². The number of piperidine rings is 1. The van der Waals surface area contributed by atoms with Gasteiger partial charge in [0.2, 0.25) is 10.0 Å². The minimum atomic E-state index is -3.67. The maximum Gasteiger partial charge on any atom is 0.246 e. The van der Waals surface area contributed by atoms with Crippen LogP contribution in [0.4, 0.5) is 0 Å². The molecule has 1 aromatic rings. The lowest BCUT2D eigenvalue weighted by molar-refractivity contribution is 0.316. The number of hydrogen-bond acceptors (Lipinski definition) is 3. The SMILES string of the molecule is Cl.NC1CCCN(S(=O)(=O)c2c(Cl)cccc2Cl)C1. The second-order valence-electron chi connectivity index (χ2n) is 4.32. The van der Waals surface area contributed by atoms with Crippen LogP contribution in [0.3, 0.4) is 0 Å². The lowest BCUT2D eigenvalue weighted by atomic mass is 10.1. The molecule has 0 aromatic heterocycles. The van der Waals surface area contributed by atoms with Crippen molar-refractivity contribution in [2.45, 2.75) is 23.8 Å². The fourth-order valence-corrected chi connectivity index (χ4v) is 4.68. The van der Waals surface area contributed by atoms with Crippen molar-refractivity contribution in [2.75, 3.05) is 13.1 Å². The Kier molecular flexibility index (Phi) is 5.92. The van der Waals surface area contributed by atoms with Crippen LogP contribution in [0.25, 0.3) is 0 Å². The van der Waals surface area contributed by atoms with Gasteiger partial charge in [0.1, 0.15) is 4.90 Å². The molecule has 2 rings (SSSR count). The van der Waals surface area contributed by atoms with Gasteiger partial charge in [0.25, 0.3) is 0 Å². The highest BCUT2D eigenvalue weighted by Crippen LogP contribution is 2.32. The highest BCUT2D eigenvalue weighted by Gasteiger charge is 2.32. The first kappa shape index (κ1) is 17.0. The van der Waals surface area contributed by atoms with Crippen molar-refractivity contribution in [3.63, 3.8) is 0 Å². The summed E-state index contributed by atoms with van der Waals surface area (Å²) in [6.45, 7) is 0.765. The van der Waals surface area contributed by atoms with Gasteiger partial charge in [-0.2, -0.15) is 4.31 Å². The third-order valence-corrected chi connectivity index (χ3v) is 5.76.